The van der Waals surface area contributed by atoms with Gasteiger partial charge in [0, 0.05) is 30.1 Å². The van der Waals surface area contributed by atoms with Gasteiger partial charge in [-0.1, -0.05) is 32.9 Å². The van der Waals surface area contributed by atoms with Gasteiger partial charge in [-0.3, -0.25) is 0 Å². The van der Waals surface area contributed by atoms with E-state index in [-0.39, 0.29) is 41.1 Å². The Hall–Kier alpha value is -1.75. The number of likely N-dealkylation sites (tertiary alicyclic amines) is 1. The van der Waals surface area contributed by atoms with Crippen LogP contribution >= 0.6 is 0 Å². The molecule has 29 heavy (non-hydrogen) atoms. The highest BCUT2D eigenvalue weighted by atomic mass is 16.3. The van der Waals surface area contributed by atoms with E-state index in [2.05, 4.69) is 36.6 Å². The van der Waals surface area contributed by atoms with Crippen molar-refractivity contribution in [3.8, 4) is 5.75 Å². The number of fused-ring (bicyclic) bond motifs is 6. The Balaban J connectivity index is 1.51. The molecule has 158 valence electrons. The first-order valence-electron chi connectivity index (χ1n) is 11.3. The lowest BCUT2D eigenvalue weighted by Crippen LogP contribution is -2.68. The monoisotopic (exact) mass is 398 g/mol. The molecule has 5 nitrogen and oxygen atoms in total. The highest BCUT2D eigenvalue weighted by molar-refractivity contribution is 5.77. The Labute approximate surface area is 173 Å². The number of aliphatic hydroxyl groups is 1. The van der Waals surface area contributed by atoms with Gasteiger partial charge in [-0.05, 0) is 67.6 Å². The van der Waals surface area contributed by atoms with Crippen molar-refractivity contribution < 1.29 is 15.0 Å². The van der Waals surface area contributed by atoms with Crippen molar-refractivity contribution in [2.45, 2.75) is 95.4 Å². The van der Waals surface area contributed by atoms with E-state index in [1.165, 1.54) is 5.56 Å². The molecular formula is C24H34N2O3. The molecule has 0 radical (unpaired) electrons. The summed E-state index contributed by atoms with van der Waals surface area (Å²) in [5.74, 6) is 0.362. The number of aliphatic hydroxyl groups excluding tert-OH is 1. The molecule has 3 heterocycles. The maximum absolute atomic E-state index is 13.9. The van der Waals surface area contributed by atoms with Crippen LogP contribution in [-0.2, 0) is 11.8 Å². The Morgan fingerprint density at radius 1 is 1.14 bits per heavy atom. The molecule has 4 aliphatic rings. The number of carbonyl (C=O) groups is 1. The third-order valence-electron chi connectivity index (χ3n) is 9.04. The fourth-order valence-electron chi connectivity index (χ4n) is 6.97. The molecule has 3 fully saturated rings. The number of hydrogen-bond acceptors (Lipinski definition) is 3. The number of carbonyl (C=O) groups excluding carboxylic acids is 1. The first kappa shape index (κ1) is 19.2. The maximum Gasteiger partial charge on any atom is 0.320 e. The van der Waals surface area contributed by atoms with Gasteiger partial charge in [-0.25, -0.2) is 4.79 Å². The molecule has 2 N–H and O–H groups in total. The largest absolute Gasteiger partial charge is 0.508 e. The number of aromatic hydroxyl groups is 1. The molecule has 0 saturated carbocycles. The SMILES string of the molecule is CC1(C)[C@H]2Cc3c(O)cccc3[C@]1(C)CCN2C(=O)N1C2CCCC1CC(O)C2. The molecule has 1 aromatic rings. The summed E-state index contributed by atoms with van der Waals surface area (Å²) in [4.78, 5) is 18.1. The van der Waals surface area contributed by atoms with Crippen LogP contribution in [0.4, 0.5) is 4.79 Å². The number of urea groups is 1. The zero-order valence-corrected chi connectivity index (χ0v) is 17.9. The number of piperidine rings is 3. The lowest BCUT2D eigenvalue weighted by molar-refractivity contribution is -0.0504. The second kappa shape index (κ2) is 6.37. The van der Waals surface area contributed by atoms with E-state index < -0.39 is 0 Å². The molecular weight excluding hydrogens is 364 g/mol. The van der Waals surface area contributed by atoms with E-state index in [9.17, 15) is 15.0 Å². The summed E-state index contributed by atoms with van der Waals surface area (Å²) in [6, 6.07) is 6.47. The second-order valence-electron chi connectivity index (χ2n) is 10.6. The molecule has 5 heteroatoms. The topological polar surface area (TPSA) is 64.0 Å². The molecule has 1 aliphatic carbocycles. The molecule has 0 spiro atoms. The van der Waals surface area contributed by atoms with E-state index in [0.717, 1.165) is 37.8 Å². The van der Waals surface area contributed by atoms with Crippen LogP contribution < -0.4 is 0 Å². The van der Waals surface area contributed by atoms with Crippen molar-refractivity contribution in [1.82, 2.24) is 9.80 Å². The fourth-order valence-corrected chi connectivity index (χ4v) is 6.97. The quantitative estimate of drug-likeness (QED) is 0.699. The first-order chi connectivity index (χ1) is 13.7. The van der Waals surface area contributed by atoms with Crippen LogP contribution in [0.1, 0.15) is 70.4 Å². The van der Waals surface area contributed by atoms with Crippen LogP contribution in [-0.4, -0.2) is 56.8 Å². The standard InChI is InChI=1S/C24H34N2O3/c1-23(2)21-14-18-19(8-5-9-20(18)28)24(23,3)10-11-25(21)22(29)26-15-6-4-7-16(26)13-17(27)12-15/h5,8-9,15-17,21,27-28H,4,6-7,10-14H2,1-3H3/t15?,16?,17?,21-,24+/m1/s1. The Morgan fingerprint density at radius 3 is 2.52 bits per heavy atom. The Bertz CT molecular complexity index is 823. The van der Waals surface area contributed by atoms with Gasteiger partial charge >= 0.3 is 6.03 Å². The lowest BCUT2D eigenvalue weighted by atomic mass is 9.51. The molecule has 1 aromatic carbocycles. The van der Waals surface area contributed by atoms with Crippen molar-refractivity contribution >= 4 is 6.03 Å². The predicted octanol–water partition coefficient (Wildman–Crippen LogP) is 3.80. The number of phenols is 1. The van der Waals surface area contributed by atoms with Crippen LogP contribution in [0.25, 0.3) is 0 Å². The molecule has 4 bridgehead atoms. The number of amides is 2. The van der Waals surface area contributed by atoms with Crippen molar-refractivity contribution in [1.29, 1.82) is 0 Å². The zero-order chi connectivity index (χ0) is 20.6. The van der Waals surface area contributed by atoms with Gasteiger partial charge in [-0.15, -0.1) is 0 Å². The van der Waals surface area contributed by atoms with Crippen LogP contribution in [0.2, 0.25) is 0 Å². The van der Waals surface area contributed by atoms with Crippen LogP contribution in [0.3, 0.4) is 0 Å². The maximum atomic E-state index is 13.9. The number of benzene rings is 1. The van der Waals surface area contributed by atoms with E-state index in [0.29, 0.717) is 25.0 Å². The molecule has 0 aromatic heterocycles. The summed E-state index contributed by atoms with van der Waals surface area (Å²) in [6.45, 7) is 7.66. The van der Waals surface area contributed by atoms with Crippen molar-refractivity contribution in [2.75, 3.05) is 6.54 Å². The van der Waals surface area contributed by atoms with Gasteiger partial charge in [0.25, 0.3) is 0 Å². The molecule has 4 atom stereocenters. The van der Waals surface area contributed by atoms with Gasteiger partial charge in [0.1, 0.15) is 5.75 Å². The summed E-state index contributed by atoms with van der Waals surface area (Å²) < 4.78 is 0. The first-order valence-corrected chi connectivity index (χ1v) is 11.3. The van der Waals surface area contributed by atoms with Gasteiger partial charge in [0.15, 0.2) is 0 Å². The summed E-state index contributed by atoms with van der Waals surface area (Å²) in [5, 5.41) is 20.8. The van der Waals surface area contributed by atoms with Crippen LogP contribution in [0.5, 0.6) is 5.75 Å². The van der Waals surface area contributed by atoms with Gasteiger partial charge in [0.05, 0.1) is 6.10 Å². The molecule has 3 aliphatic heterocycles. The zero-order valence-electron chi connectivity index (χ0n) is 17.9. The summed E-state index contributed by atoms with van der Waals surface area (Å²) >= 11 is 0. The van der Waals surface area contributed by atoms with Crippen molar-refractivity contribution in [3.63, 3.8) is 0 Å². The average Bonchev–Trinajstić information content (AvgIpc) is 2.64. The number of phenolic OH excluding ortho intramolecular Hbond substituents is 1. The van der Waals surface area contributed by atoms with Gasteiger partial charge < -0.3 is 20.0 Å². The van der Waals surface area contributed by atoms with E-state index in [1.807, 2.05) is 6.07 Å². The van der Waals surface area contributed by atoms with E-state index in [4.69, 9.17) is 0 Å². The van der Waals surface area contributed by atoms with E-state index >= 15 is 0 Å². The van der Waals surface area contributed by atoms with Crippen molar-refractivity contribution in [2.24, 2.45) is 5.41 Å². The highest BCUT2D eigenvalue weighted by Gasteiger charge is 2.58. The third-order valence-corrected chi connectivity index (χ3v) is 9.04. The lowest BCUT2D eigenvalue weighted by Gasteiger charge is -2.62. The highest BCUT2D eigenvalue weighted by Crippen LogP contribution is 2.57. The summed E-state index contributed by atoms with van der Waals surface area (Å²) in [5.41, 5.74) is 2.14. The third kappa shape index (κ3) is 2.59. The molecule has 3 saturated heterocycles. The van der Waals surface area contributed by atoms with Gasteiger partial charge in [-0.2, -0.15) is 0 Å². The second-order valence-corrected chi connectivity index (χ2v) is 10.6. The van der Waals surface area contributed by atoms with Gasteiger partial charge in [0.2, 0.25) is 0 Å². The fraction of sp³-hybridized carbons (Fsp3) is 0.708. The number of hydrogen-bond donors (Lipinski definition) is 2. The van der Waals surface area contributed by atoms with Crippen molar-refractivity contribution in [3.05, 3.63) is 29.3 Å². The number of rotatable bonds is 0. The minimum atomic E-state index is -0.269. The van der Waals surface area contributed by atoms with Crippen LogP contribution in [0.15, 0.2) is 18.2 Å². The molecule has 2 unspecified atom stereocenters. The summed E-state index contributed by atoms with van der Waals surface area (Å²) in [7, 11) is 0. The minimum absolute atomic E-state index is 0.0608. The summed E-state index contributed by atoms with van der Waals surface area (Å²) in [6.07, 6.45) is 5.93. The molecule has 5 rings (SSSR count). The average molecular weight is 399 g/mol. The molecule has 2 amide bonds. The van der Waals surface area contributed by atoms with E-state index in [1.54, 1.807) is 6.07 Å². The number of nitrogens with zero attached hydrogens (tertiary/aromatic N) is 2. The Kier molecular flexibility index (Phi) is 4.22. The smallest absolute Gasteiger partial charge is 0.320 e. The minimum Gasteiger partial charge on any atom is -0.508 e. The predicted molar refractivity (Wildman–Crippen MR) is 112 cm³/mol. The van der Waals surface area contributed by atoms with Crippen LogP contribution in [0, 0.1) is 5.41 Å². The Morgan fingerprint density at radius 2 is 1.83 bits per heavy atom. The normalized spacial score (nSPS) is 37.8.